The lowest BCUT2D eigenvalue weighted by atomic mass is 9.73. The van der Waals surface area contributed by atoms with Gasteiger partial charge < -0.3 is 15.0 Å². The van der Waals surface area contributed by atoms with E-state index in [1.54, 1.807) is 0 Å². The van der Waals surface area contributed by atoms with E-state index in [2.05, 4.69) is 29.3 Å². The van der Waals surface area contributed by atoms with Crippen molar-refractivity contribution in [2.24, 2.45) is 0 Å². The van der Waals surface area contributed by atoms with Gasteiger partial charge in [-0.25, -0.2) is 0 Å². The Morgan fingerprint density at radius 3 is 2.73 bits per heavy atom. The molecule has 1 aromatic carbocycles. The minimum absolute atomic E-state index is 0.178. The molecule has 2 heterocycles. The zero-order valence-electron chi connectivity index (χ0n) is 16.2. The van der Waals surface area contributed by atoms with Gasteiger partial charge in [-0.05, 0) is 50.6 Å². The van der Waals surface area contributed by atoms with Crippen LogP contribution in [0.2, 0.25) is 0 Å². The van der Waals surface area contributed by atoms with Gasteiger partial charge in [-0.2, -0.15) is 0 Å². The number of piperidine rings is 1. The number of ether oxygens (including phenoxy) is 1. The second kappa shape index (κ2) is 9.52. The fraction of sp³-hybridized carbons (Fsp3) is 0.682. The van der Waals surface area contributed by atoms with Gasteiger partial charge in [0.25, 0.3) is 0 Å². The van der Waals surface area contributed by atoms with Gasteiger partial charge in [-0.3, -0.25) is 4.79 Å². The maximum atomic E-state index is 13.1. The normalized spacial score (nSPS) is 23.5. The van der Waals surface area contributed by atoms with Crippen LogP contribution in [0.4, 0.5) is 0 Å². The summed E-state index contributed by atoms with van der Waals surface area (Å²) >= 11 is 0. The molecule has 26 heavy (non-hydrogen) atoms. The highest BCUT2D eigenvalue weighted by Crippen LogP contribution is 2.35. The zero-order chi connectivity index (χ0) is 18.2. The third kappa shape index (κ3) is 4.47. The number of nitrogens with zero attached hydrogens (tertiary/aromatic N) is 1. The number of benzene rings is 1. The van der Waals surface area contributed by atoms with Crippen molar-refractivity contribution < 1.29 is 9.53 Å². The third-order valence-electron chi connectivity index (χ3n) is 6.24. The molecule has 2 aliphatic rings. The Kier molecular flexibility index (Phi) is 7.09. The van der Waals surface area contributed by atoms with Gasteiger partial charge in [0.05, 0.1) is 5.41 Å². The third-order valence-corrected chi connectivity index (χ3v) is 6.24. The molecule has 1 amide bonds. The molecule has 0 aromatic heterocycles. The van der Waals surface area contributed by atoms with Crippen LogP contribution in [0, 0.1) is 0 Å². The molecule has 2 fully saturated rings. The van der Waals surface area contributed by atoms with E-state index < -0.39 is 5.41 Å². The van der Waals surface area contributed by atoms with Crippen molar-refractivity contribution in [1.82, 2.24) is 10.2 Å². The highest BCUT2D eigenvalue weighted by atomic mass is 16.5. The van der Waals surface area contributed by atoms with E-state index in [1.165, 1.54) is 32.2 Å². The monoisotopic (exact) mass is 358 g/mol. The maximum absolute atomic E-state index is 13.1. The summed E-state index contributed by atoms with van der Waals surface area (Å²) in [4.78, 5) is 15.7. The Balaban J connectivity index is 1.54. The molecule has 144 valence electrons. The van der Waals surface area contributed by atoms with Crippen LogP contribution < -0.4 is 5.32 Å². The molecule has 2 aliphatic heterocycles. The lowest BCUT2D eigenvalue weighted by Crippen LogP contribution is -2.48. The highest BCUT2D eigenvalue weighted by molar-refractivity contribution is 5.88. The van der Waals surface area contributed by atoms with Crippen molar-refractivity contribution in [3.63, 3.8) is 0 Å². The number of carbonyl (C=O) groups excluding carboxylic acids is 1. The van der Waals surface area contributed by atoms with Crippen LogP contribution in [0.3, 0.4) is 0 Å². The number of amides is 1. The summed E-state index contributed by atoms with van der Waals surface area (Å²) in [5, 5.41) is 3.24. The lowest BCUT2D eigenvalue weighted by Gasteiger charge is -2.37. The summed E-state index contributed by atoms with van der Waals surface area (Å²) in [6, 6.07) is 11.0. The molecule has 2 saturated heterocycles. The second-order valence-electron chi connectivity index (χ2n) is 7.76. The number of nitrogens with one attached hydrogen (secondary N) is 1. The van der Waals surface area contributed by atoms with E-state index in [1.807, 2.05) is 18.2 Å². The molecule has 4 nitrogen and oxygen atoms in total. The molecule has 1 N–H and O–H groups in total. The fourth-order valence-electron chi connectivity index (χ4n) is 4.59. The van der Waals surface area contributed by atoms with Crippen molar-refractivity contribution in [3.8, 4) is 0 Å². The first-order chi connectivity index (χ1) is 12.8. The Morgan fingerprint density at radius 1 is 1.23 bits per heavy atom. The molecule has 3 rings (SSSR count). The molecule has 0 bridgehead atoms. The molecule has 0 spiro atoms. The van der Waals surface area contributed by atoms with Crippen molar-refractivity contribution in [3.05, 3.63) is 35.9 Å². The summed E-state index contributed by atoms with van der Waals surface area (Å²) in [6.45, 7) is 6.70. The van der Waals surface area contributed by atoms with Gasteiger partial charge in [-0.1, -0.05) is 43.7 Å². The molecule has 1 atom stereocenters. The average molecular weight is 359 g/mol. The van der Waals surface area contributed by atoms with E-state index in [0.29, 0.717) is 13.2 Å². The highest BCUT2D eigenvalue weighted by Gasteiger charge is 2.41. The molecular formula is C22H34N2O2. The van der Waals surface area contributed by atoms with Gasteiger partial charge >= 0.3 is 0 Å². The van der Waals surface area contributed by atoms with Crippen LogP contribution in [-0.2, 0) is 14.9 Å². The van der Waals surface area contributed by atoms with E-state index in [0.717, 1.165) is 44.0 Å². The van der Waals surface area contributed by atoms with Gasteiger partial charge in [0.15, 0.2) is 0 Å². The van der Waals surface area contributed by atoms with E-state index in [9.17, 15) is 4.79 Å². The summed E-state index contributed by atoms with van der Waals surface area (Å²) in [5.74, 6) is 0.178. The summed E-state index contributed by atoms with van der Waals surface area (Å²) in [6.07, 6.45) is 7.83. The topological polar surface area (TPSA) is 41.6 Å². The predicted octanol–water partition coefficient (Wildman–Crippen LogP) is 3.51. The van der Waals surface area contributed by atoms with E-state index in [4.69, 9.17) is 4.74 Å². The lowest BCUT2D eigenvalue weighted by molar-refractivity contribution is -0.130. The van der Waals surface area contributed by atoms with Crippen LogP contribution >= 0.6 is 0 Å². The smallest absolute Gasteiger partial charge is 0.230 e. The number of hydrogen-bond donors (Lipinski definition) is 1. The standard InChI is InChI=1S/C22H34N2O2/c1-2-20-11-6-7-15-24(20)16-8-14-23-21(25)22(12-17-26-18-13-22)19-9-4-3-5-10-19/h3-5,9-10,20H,2,6-8,11-18H2,1H3,(H,23,25)/t20-/m0/s1. The van der Waals surface area contributed by atoms with Crippen LogP contribution in [0.15, 0.2) is 30.3 Å². The summed E-state index contributed by atoms with van der Waals surface area (Å²) in [7, 11) is 0. The Hall–Kier alpha value is -1.39. The van der Waals surface area contributed by atoms with Crippen molar-refractivity contribution in [2.45, 2.75) is 63.3 Å². The first kappa shape index (κ1) is 19.4. The van der Waals surface area contributed by atoms with Gasteiger partial charge in [0.1, 0.15) is 0 Å². The minimum atomic E-state index is -0.420. The molecule has 0 aliphatic carbocycles. The minimum Gasteiger partial charge on any atom is -0.381 e. The summed E-state index contributed by atoms with van der Waals surface area (Å²) in [5.41, 5.74) is 0.708. The first-order valence-corrected chi connectivity index (χ1v) is 10.4. The van der Waals surface area contributed by atoms with Gasteiger partial charge in [-0.15, -0.1) is 0 Å². The van der Waals surface area contributed by atoms with Crippen LogP contribution in [0.5, 0.6) is 0 Å². The van der Waals surface area contributed by atoms with Crippen LogP contribution in [0.1, 0.15) is 57.4 Å². The predicted molar refractivity (Wildman–Crippen MR) is 105 cm³/mol. The number of rotatable bonds is 7. The average Bonchev–Trinajstić information content (AvgIpc) is 2.72. The summed E-state index contributed by atoms with van der Waals surface area (Å²) < 4.78 is 5.54. The number of likely N-dealkylation sites (tertiary alicyclic amines) is 1. The second-order valence-corrected chi connectivity index (χ2v) is 7.76. The Morgan fingerprint density at radius 2 is 2.00 bits per heavy atom. The van der Waals surface area contributed by atoms with Crippen LogP contribution in [0.25, 0.3) is 0 Å². The molecular weight excluding hydrogens is 324 g/mol. The Labute approximate surface area is 158 Å². The molecule has 4 heteroatoms. The SMILES string of the molecule is CC[C@H]1CCCCN1CCCNC(=O)C1(c2ccccc2)CCOCC1. The number of hydrogen-bond acceptors (Lipinski definition) is 3. The molecule has 1 aromatic rings. The first-order valence-electron chi connectivity index (χ1n) is 10.4. The van der Waals surface area contributed by atoms with E-state index >= 15 is 0 Å². The quantitative estimate of drug-likeness (QED) is 0.759. The molecule has 0 radical (unpaired) electrons. The van der Waals surface area contributed by atoms with Crippen molar-refractivity contribution in [2.75, 3.05) is 32.8 Å². The molecule has 0 saturated carbocycles. The number of carbonyl (C=O) groups is 1. The largest absolute Gasteiger partial charge is 0.381 e. The van der Waals surface area contributed by atoms with Gasteiger partial charge in [0.2, 0.25) is 5.91 Å². The molecule has 0 unspecified atom stereocenters. The van der Waals surface area contributed by atoms with Gasteiger partial charge in [0, 0.05) is 32.3 Å². The Bertz CT molecular complexity index is 555. The van der Waals surface area contributed by atoms with Crippen molar-refractivity contribution in [1.29, 1.82) is 0 Å². The maximum Gasteiger partial charge on any atom is 0.230 e. The van der Waals surface area contributed by atoms with Crippen molar-refractivity contribution >= 4 is 5.91 Å². The van der Waals surface area contributed by atoms with Crippen LogP contribution in [-0.4, -0.2) is 49.7 Å². The fourth-order valence-corrected chi connectivity index (χ4v) is 4.59. The zero-order valence-corrected chi connectivity index (χ0v) is 16.2. The van der Waals surface area contributed by atoms with E-state index in [-0.39, 0.29) is 5.91 Å².